The number of unbranched alkanes of at least 4 members (excludes halogenated alkanes) is 13. The molecular formula is C51H85O14P. The Balaban J connectivity index is 2.48. The SMILES string of the molecule is CCCCC/C=C\C/C=C\CCCCCCCCCCCC(=O)O[C@H](COC(=O)CCC/C=C\C/C=C\C/C=C\C/C=C\C=C\[C@@H](O)CC)COP(=O)(O)OC1[C@H](O)[C@H](O)C(O)[C@H](O)[C@H]1O. The first kappa shape index (κ1) is 61.0. The van der Waals surface area contributed by atoms with Crippen LogP contribution < -0.4 is 0 Å². The lowest BCUT2D eigenvalue weighted by Crippen LogP contribution is -2.64. The number of ether oxygens (including phenoxy) is 2. The number of hydrogen-bond acceptors (Lipinski definition) is 13. The standard InChI is InChI=1S/C51H85O14P/c1-3-5-6-7-8-9-10-11-12-13-14-15-16-21-24-27-30-33-36-39-45(54)64-43(41-63-66(60,61)65-51-49(58)47(56)46(55)48(57)50(51)59)40-62-44(53)38-35-32-29-26-23-20-18-17-19-22-25-28-31-34-37-42(52)4-2/h8-9,11-12,18-20,22,26,28-29,31,34,37,42-43,46-52,55-59H,3-7,10,13-17,21,23-25,27,30,32-33,35-36,38-41H2,1-2H3,(H,60,61)/b9-8-,12-11-,20-18-,22-19-,29-26-,31-28-,37-34+/t42-,43+,46?,47-,48+,49+,50+,51?/m0/s1. The summed E-state index contributed by atoms with van der Waals surface area (Å²) in [6.45, 7) is 2.89. The van der Waals surface area contributed by atoms with Gasteiger partial charge in [0.2, 0.25) is 0 Å². The van der Waals surface area contributed by atoms with Gasteiger partial charge in [-0.15, -0.1) is 0 Å². The number of rotatable bonds is 39. The molecule has 3 unspecified atom stereocenters. The smallest absolute Gasteiger partial charge is 0.462 e. The van der Waals surface area contributed by atoms with Crippen molar-refractivity contribution < 1.29 is 68.2 Å². The Labute approximate surface area is 395 Å². The van der Waals surface area contributed by atoms with E-state index in [1.165, 1.54) is 51.4 Å². The van der Waals surface area contributed by atoms with E-state index >= 15 is 0 Å². The quantitative estimate of drug-likeness (QED) is 0.0100. The Morgan fingerprint density at radius 1 is 0.545 bits per heavy atom. The fraction of sp³-hybridized carbons (Fsp3) is 0.686. The van der Waals surface area contributed by atoms with Crippen molar-refractivity contribution in [2.24, 2.45) is 0 Å². The van der Waals surface area contributed by atoms with E-state index < -0.39 is 81.8 Å². The summed E-state index contributed by atoms with van der Waals surface area (Å²) in [5.74, 6) is -1.20. The maximum Gasteiger partial charge on any atom is 0.472 e. The Morgan fingerprint density at radius 3 is 1.55 bits per heavy atom. The van der Waals surface area contributed by atoms with E-state index in [0.29, 0.717) is 25.7 Å². The minimum atomic E-state index is -5.15. The van der Waals surface area contributed by atoms with E-state index in [0.717, 1.165) is 57.8 Å². The molecule has 0 heterocycles. The van der Waals surface area contributed by atoms with E-state index in [1.807, 2.05) is 37.3 Å². The summed E-state index contributed by atoms with van der Waals surface area (Å²) < 4.78 is 33.5. The van der Waals surface area contributed by atoms with Gasteiger partial charge in [-0.1, -0.05) is 157 Å². The average molecular weight is 953 g/mol. The summed E-state index contributed by atoms with van der Waals surface area (Å²) in [6.07, 6.45) is 35.8. The molecule has 1 aliphatic rings. The molecular weight excluding hydrogens is 868 g/mol. The van der Waals surface area contributed by atoms with Crippen LogP contribution >= 0.6 is 7.82 Å². The zero-order valence-corrected chi connectivity index (χ0v) is 40.7. The van der Waals surface area contributed by atoms with Crippen LogP contribution in [0, 0.1) is 0 Å². The first-order valence-corrected chi connectivity index (χ1v) is 26.0. The minimum Gasteiger partial charge on any atom is -0.462 e. The lowest BCUT2D eigenvalue weighted by Gasteiger charge is -2.41. The molecule has 0 radical (unpaired) electrons. The van der Waals surface area contributed by atoms with E-state index in [-0.39, 0.29) is 12.8 Å². The second-order valence-electron chi connectivity index (χ2n) is 16.8. The number of esters is 2. The zero-order chi connectivity index (χ0) is 48.7. The predicted molar refractivity (Wildman–Crippen MR) is 259 cm³/mol. The maximum absolute atomic E-state index is 12.8. The van der Waals surface area contributed by atoms with Gasteiger partial charge in [0.15, 0.2) is 6.10 Å². The largest absolute Gasteiger partial charge is 0.472 e. The number of aliphatic hydroxyl groups excluding tert-OH is 6. The molecule has 15 heteroatoms. The molecule has 7 N–H and O–H groups in total. The molecule has 378 valence electrons. The molecule has 0 amide bonds. The Morgan fingerprint density at radius 2 is 1.00 bits per heavy atom. The van der Waals surface area contributed by atoms with Crippen molar-refractivity contribution in [1.29, 1.82) is 0 Å². The Hall–Kier alpha value is -3.01. The molecule has 1 saturated carbocycles. The van der Waals surface area contributed by atoms with E-state index in [2.05, 4.69) is 55.5 Å². The third-order valence-electron chi connectivity index (χ3n) is 10.9. The van der Waals surface area contributed by atoms with Crippen molar-refractivity contribution >= 4 is 19.8 Å². The highest BCUT2D eigenvalue weighted by molar-refractivity contribution is 7.47. The third-order valence-corrected chi connectivity index (χ3v) is 11.9. The summed E-state index contributed by atoms with van der Waals surface area (Å²) >= 11 is 0. The van der Waals surface area contributed by atoms with Crippen molar-refractivity contribution in [2.45, 2.75) is 210 Å². The van der Waals surface area contributed by atoms with E-state index in [9.17, 15) is 49.7 Å². The third kappa shape index (κ3) is 31.9. The van der Waals surface area contributed by atoms with Crippen LogP contribution in [-0.4, -0.2) is 110 Å². The first-order chi connectivity index (χ1) is 31.8. The topological polar surface area (TPSA) is 230 Å². The highest BCUT2D eigenvalue weighted by Crippen LogP contribution is 2.47. The number of carbonyl (C=O) groups excluding carboxylic acids is 2. The monoisotopic (exact) mass is 953 g/mol. The van der Waals surface area contributed by atoms with Crippen LogP contribution in [0.2, 0.25) is 0 Å². The van der Waals surface area contributed by atoms with Gasteiger partial charge < -0.3 is 45.0 Å². The van der Waals surface area contributed by atoms with Crippen molar-refractivity contribution in [2.75, 3.05) is 13.2 Å². The van der Waals surface area contributed by atoms with E-state index in [1.54, 1.807) is 6.08 Å². The van der Waals surface area contributed by atoms with Crippen LogP contribution in [0.3, 0.4) is 0 Å². The number of carbonyl (C=O) groups is 2. The van der Waals surface area contributed by atoms with Crippen molar-refractivity contribution in [3.8, 4) is 0 Å². The zero-order valence-electron chi connectivity index (χ0n) is 39.8. The summed E-state index contributed by atoms with van der Waals surface area (Å²) in [6, 6.07) is 0. The predicted octanol–water partition coefficient (Wildman–Crippen LogP) is 9.03. The first-order valence-electron chi connectivity index (χ1n) is 24.5. The lowest BCUT2D eigenvalue weighted by molar-refractivity contribution is -0.220. The van der Waals surface area contributed by atoms with Gasteiger partial charge in [-0.3, -0.25) is 18.6 Å². The van der Waals surface area contributed by atoms with Crippen LogP contribution in [0.1, 0.15) is 162 Å². The second-order valence-corrected chi connectivity index (χ2v) is 18.2. The molecule has 66 heavy (non-hydrogen) atoms. The number of phosphoric acid groups is 1. The summed E-state index contributed by atoms with van der Waals surface area (Å²) in [7, 11) is -5.15. The van der Waals surface area contributed by atoms with Crippen LogP contribution in [0.5, 0.6) is 0 Å². The molecule has 1 fully saturated rings. The number of phosphoric ester groups is 1. The molecule has 0 aliphatic heterocycles. The van der Waals surface area contributed by atoms with Gasteiger partial charge in [0, 0.05) is 12.8 Å². The summed E-state index contributed by atoms with van der Waals surface area (Å²) in [4.78, 5) is 35.8. The van der Waals surface area contributed by atoms with E-state index in [4.69, 9.17) is 18.5 Å². The van der Waals surface area contributed by atoms with Gasteiger partial charge >= 0.3 is 19.8 Å². The molecule has 14 nitrogen and oxygen atoms in total. The lowest BCUT2D eigenvalue weighted by atomic mass is 9.85. The highest BCUT2D eigenvalue weighted by Gasteiger charge is 2.51. The van der Waals surface area contributed by atoms with Crippen LogP contribution in [-0.2, 0) is 32.7 Å². The van der Waals surface area contributed by atoms with Gasteiger partial charge in [0.05, 0.1) is 12.7 Å². The molecule has 0 aromatic heterocycles. The fourth-order valence-electron chi connectivity index (χ4n) is 6.77. The van der Waals surface area contributed by atoms with Crippen LogP contribution in [0.25, 0.3) is 0 Å². The van der Waals surface area contributed by atoms with Gasteiger partial charge in [-0.25, -0.2) is 4.57 Å². The average Bonchev–Trinajstić information content (AvgIpc) is 3.30. The number of allylic oxidation sites excluding steroid dienone is 13. The molecule has 0 aromatic carbocycles. The molecule has 0 spiro atoms. The van der Waals surface area contributed by atoms with Gasteiger partial charge in [0.1, 0.15) is 43.2 Å². The minimum absolute atomic E-state index is 0.0680. The summed E-state index contributed by atoms with van der Waals surface area (Å²) in [5, 5.41) is 59.7. The van der Waals surface area contributed by atoms with Crippen molar-refractivity contribution in [1.82, 2.24) is 0 Å². The molecule has 0 saturated heterocycles. The molecule has 0 aromatic rings. The number of hydrogen-bond donors (Lipinski definition) is 7. The Bertz CT molecular complexity index is 1490. The van der Waals surface area contributed by atoms with Gasteiger partial charge in [-0.05, 0) is 77.0 Å². The summed E-state index contributed by atoms with van der Waals surface area (Å²) in [5.41, 5.74) is 0. The highest BCUT2D eigenvalue weighted by atomic mass is 31.2. The number of aliphatic hydroxyl groups is 6. The normalized spacial score (nSPS) is 22.5. The molecule has 0 bridgehead atoms. The maximum atomic E-state index is 12.8. The fourth-order valence-corrected chi connectivity index (χ4v) is 7.75. The molecule has 1 aliphatic carbocycles. The molecule has 9 atom stereocenters. The van der Waals surface area contributed by atoms with Crippen LogP contribution in [0.15, 0.2) is 85.1 Å². The molecule has 1 rings (SSSR count). The van der Waals surface area contributed by atoms with Crippen LogP contribution in [0.4, 0.5) is 0 Å². The van der Waals surface area contributed by atoms with Gasteiger partial charge in [-0.2, -0.15) is 0 Å². The van der Waals surface area contributed by atoms with Crippen molar-refractivity contribution in [3.05, 3.63) is 85.1 Å². The van der Waals surface area contributed by atoms with Gasteiger partial charge in [0.25, 0.3) is 0 Å². The second kappa shape index (κ2) is 39.9. The Kier molecular flexibility index (Phi) is 36.9. The van der Waals surface area contributed by atoms with Crippen molar-refractivity contribution in [3.63, 3.8) is 0 Å².